The number of para-hydroxylation sites is 2. The van der Waals surface area contributed by atoms with E-state index in [1.165, 1.54) is 0 Å². The molecule has 0 atom stereocenters. The minimum atomic E-state index is 0.250. The van der Waals surface area contributed by atoms with Gasteiger partial charge >= 0.3 is 0 Å². The van der Waals surface area contributed by atoms with Gasteiger partial charge in [0.1, 0.15) is 0 Å². The number of nitrogens with one attached hydrogen (secondary N) is 2. The Bertz CT molecular complexity index is 1180. The monoisotopic (exact) mass is 412 g/mol. The van der Waals surface area contributed by atoms with Gasteiger partial charge < -0.3 is 9.88 Å². The predicted octanol–water partition coefficient (Wildman–Crippen LogP) is 5.50. The topological polar surface area (TPSA) is 41.4 Å². The second-order valence-corrected chi connectivity index (χ2v) is 7.72. The maximum absolute atomic E-state index is 5.31. The Morgan fingerprint density at radius 3 is 2.23 bits per heavy atom. The second kappa shape index (κ2) is 8.93. The van der Waals surface area contributed by atoms with E-state index in [4.69, 9.17) is 12.2 Å². The fraction of sp³-hybridized carbons (Fsp3) is 0.120. The standard InChI is InChI=1S/C25H24N4S/c1-18(2)27-25(30)28-26-17-22-21-15-9-10-16-23(21)29(20-13-7-4-8-14-20)24(22)19-11-5-3-6-12-19/h3-18H,1-2H3,(H2,27,28,30)/b26-17+. The maximum Gasteiger partial charge on any atom is 0.187 e. The van der Waals surface area contributed by atoms with Crippen LogP contribution in [0.4, 0.5) is 0 Å². The Hall–Kier alpha value is -3.44. The summed E-state index contributed by atoms with van der Waals surface area (Å²) in [6.07, 6.45) is 1.86. The molecule has 0 aliphatic rings. The van der Waals surface area contributed by atoms with Crippen molar-refractivity contribution in [2.24, 2.45) is 5.10 Å². The number of hydrogen-bond acceptors (Lipinski definition) is 2. The van der Waals surface area contributed by atoms with E-state index in [0.29, 0.717) is 5.11 Å². The molecule has 0 aliphatic heterocycles. The van der Waals surface area contributed by atoms with Crippen LogP contribution in [0.15, 0.2) is 90.0 Å². The molecule has 0 fully saturated rings. The Labute approximate surface area is 182 Å². The highest BCUT2D eigenvalue weighted by Crippen LogP contribution is 2.35. The molecule has 0 saturated carbocycles. The zero-order valence-electron chi connectivity index (χ0n) is 17.0. The number of aromatic nitrogens is 1. The number of benzene rings is 3. The third-order valence-corrected chi connectivity index (χ3v) is 4.96. The SMILES string of the molecule is CC(C)NC(=S)N/N=C/c1c(-c2ccccc2)n(-c2ccccc2)c2ccccc12. The van der Waals surface area contributed by atoms with Crippen LogP contribution in [0, 0.1) is 0 Å². The van der Waals surface area contributed by atoms with E-state index < -0.39 is 0 Å². The van der Waals surface area contributed by atoms with Crippen molar-refractivity contribution in [2.75, 3.05) is 0 Å². The molecule has 1 heterocycles. The summed E-state index contributed by atoms with van der Waals surface area (Å²) in [5.74, 6) is 0. The summed E-state index contributed by atoms with van der Waals surface area (Å²) in [6.45, 7) is 4.08. The molecule has 0 amide bonds. The largest absolute Gasteiger partial charge is 0.359 e. The summed E-state index contributed by atoms with van der Waals surface area (Å²) >= 11 is 5.31. The van der Waals surface area contributed by atoms with Crippen LogP contribution in [0.3, 0.4) is 0 Å². The molecule has 30 heavy (non-hydrogen) atoms. The van der Waals surface area contributed by atoms with Crippen LogP contribution in [-0.2, 0) is 0 Å². The van der Waals surface area contributed by atoms with Gasteiger partial charge in [-0.05, 0) is 49.8 Å². The molecule has 150 valence electrons. The van der Waals surface area contributed by atoms with Crippen LogP contribution < -0.4 is 10.7 Å². The van der Waals surface area contributed by atoms with Gasteiger partial charge in [-0.25, -0.2) is 0 Å². The van der Waals surface area contributed by atoms with Crippen LogP contribution in [0.1, 0.15) is 19.4 Å². The third-order valence-electron chi connectivity index (χ3n) is 4.75. The van der Waals surface area contributed by atoms with E-state index in [1.807, 2.05) is 32.2 Å². The summed E-state index contributed by atoms with van der Waals surface area (Å²) in [5.41, 5.74) is 8.44. The minimum Gasteiger partial charge on any atom is -0.359 e. The molecule has 2 N–H and O–H groups in total. The lowest BCUT2D eigenvalue weighted by Crippen LogP contribution is -2.36. The Kier molecular flexibility index (Phi) is 5.91. The number of thiocarbonyl (C=S) groups is 1. The highest BCUT2D eigenvalue weighted by atomic mass is 32.1. The average molecular weight is 413 g/mol. The predicted molar refractivity (Wildman–Crippen MR) is 130 cm³/mol. The Morgan fingerprint density at radius 2 is 1.53 bits per heavy atom. The van der Waals surface area contributed by atoms with E-state index in [2.05, 4.69) is 93.2 Å². The number of fused-ring (bicyclic) bond motifs is 1. The number of hydrogen-bond donors (Lipinski definition) is 2. The second-order valence-electron chi connectivity index (χ2n) is 7.31. The highest BCUT2D eigenvalue weighted by molar-refractivity contribution is 7.80. The molecular weight excluding hydrogens is 388 g/mol. The van der Waals surface area contributed by atoms with Crippen molar-refractivity contribution in [2.45, 2.75) is 19.9 Å². The molecule has 4 aromatic rings. The number of nitrogens with zero attached hydrogens (tertiary/aromatic N) is 2. The van der Waals surface area contributed by atoms with Crippen molar-refractivity contribution < 1.29 is 0 Å². The van der Waals surface area contributed by atoms with Crippen LogP contribution in [-0.4, -0.2) is 21.9 Å². The lowest BCUT2D eigenvalue weighted by molar-refractivity contribution is 0.720. The smallest absolute Gasteiger partial charge is 0.187 e. The molecule has 0 radical (unpaired) electrons. The van der Waals surface area contributed by atoms with Crippen LogP contribution in [0.5, 0.6) is 0 Å². The first-order valence-corrected chi connectivity index (χ1v) is 10.4. The molecule has 5 heteroatoms. The molecule has 4 rings (SSSR count). The van der Waals surface area contributed by atoms with Crippen molar-refractivity contribution in [3.63, 3.8) is 0 Å². The van der Waals surface area contributed by atoms with E-state index in [9.17, 15) is 0 Å². The van der Waals surface area contributed by atoms with Gasteiger partial charge in [-0.2, -0.15) is 5.10 Å². The lowest BCUT2D eigenvalue weighted by Gasteiger charge is -2.12. The molecule has 0 unspecified atom stereocenters. The molecule has 1 aromatic heterocycles. The van der Waals surface area contributed by atoms with Crippen molar-refractivity contribution in [1.82, 2.24) is 15.3 Å². The van der Waals surface area contributed by atoms with Crippen LogP contribution >= 0.6 is 12.2 Å². The first-order chi connectivity index (χ1) is 14.6. The average Bonchev–Trinajstić information content (AvgIpc) is 3.09. The summed E-state index contributed by atoms with van der Waals surface area (Å²) in [5, 5.41) is 9.23. The molecule has 0 aliphatic carbocycles. The molecule has 0 saturated heterocycles. The van der Waals surface area contributed by atoms with Gasteiger partial charge in [0.2, 0.25) is 0 Å². The highest BCUT2D eigenvalue weighted by Gasteiger charge is 2.18. The molecule has 3 aromatic carbocycles. The summed E-state index contributed by atoms with van der Waals surface area (Å²) < 4.78 is 2.29. The zero-order chi connectivity index (χ0) is 20.9. The van der Waals surface area contributed by atoms with Gasteiger partial charge in [-0.3, -0.25) is 5.43 Å². The Balaban J connectivity index is 1.90. The molecule has 4 nitrogen and oxygen atoms in total. The fourth-order valence-corrected chi connectivity index (χ4v) is 3.86. The van der Waals surface area contributed by atoms with Crippen LogP contribution in [0.2, 0.25) is 0 Å². The van der Waals surface area contributed by atoms with Gasteiger partial charge in [0.25, 0.3) is 0 Å². The van der Waals surface area contributed by atoms with Gasteiger partial charge in [0, 0.05) is 22.7 Å². The first kappa shape index (κ1) is 19.9. The van der Waals surface area contributed by atoms with Gasteiger partial charge in [-0.15, -0.1) is 0 Å². The van der Waals surface area contributed by atoms with E-state index in [0.717, 1.165) is 33.4 Å². The normalized spacial score (nSPS) is 11.3. The van der Waals surface area contributed by atoms with Crippen molar-refractivity contribution >= 4 is 34.4 Å². The lowest BCUT2D eigenvalue weighted by atomic mass is 10.1. The van der Waals surface area contributed by atoms with Crippen molar-refractivity contribution in [1.29, 1.82) is 0 Å². The number of hydrazone groups is 1. The summed E-state index contributed by atoms with van der Waals surface area (Å²) in [4.78, 5) is 0. The first-order valence-electron chi connectivity index (χ1n) is 9.99. The van der Waals surface area contributed by atoms with Crippen molar-refractivity contribution in [3.05, 3.63) is 90.5 Å². The quantitative estimate of drug-likeness (QED) is 0.258. The molecule has 0 spiro atoms. The zero-order valence-corrected chi connectivity index (χ0v) is 17.9. The van der Waals surface area contributed by atoms with Gasteiger partial charge in [0.15, 0.2) is 5.11 Å². The van der Waals surface area contributed by atoms with E-state index >= 15 is 0 Å². The van der Waals surface area contributed by atoms with Gasteiger partial charge in [-0.1, -0.05) is 66.7 Å². The van der Waals surface area contributed by atoms with E-state index in [-0.39, 0.29) is 6.04 Å². The van der Waals surface area contributed by atoms with Gasteiger partial charge in [0.05, 0.1) is 17.4 Å². The summed E-state index contributed by atoms with van der Waals surface area (Å²) in [6, 6.07) is 29.5. The third kappa shape index (κ3) is 4.11. The van der Waals surface area contributed by atoms with Crippen molar-refractivity contribution in [3.8, 4) is 16.9 Å². The Morgan fingerprint density at radius 1 is 0.900 bits per heavy atom. The molecule has 0 bridgehead atoms. The number of rotatable bonds is 5. The maximum atomic E-state index is 5.31. The van der Waals surface area contributed by atoms with Crippen LogP contribution in [0.25, 0.3) is 27.8 Å². The fourth-order valence-electron chi connectivity index (χ4n) is 3.57. The molecular formula is C25H24N4S. The minimum absolute atomic E-state index is 0.250. The van der Waals surface area contributed by atoms with E-state index in [1.54, 1.807) is 0 Å². The summed E-state index contributed by atoms with van der Waals surface area (Å²) in [7, 11) is 0.